The van der Waals surface area contributed by atoms with Gasteiger partial charge in [-0.25, -0.2) is 0 Å². The molecule has 3 rings (SSSR count). The van der Waals surface area contributed by atoms with Crippen LogP contribution in [0.5, 0.6) is 0 Å². The number of thiophene rings is 1. The summed E-state index contributed by atoms with van der Waals surface area (Å²) >= 11 is 1.73. The zero-order valence-corrected chi connectivity index (χ0v) is 22.2. The van der Waals surface area contributed by atoms with Crippen molar-refractivity contribution < 1.29 is 19.8 Å². The van der Waals surface area contributed by atoms with E-state index in [4.69, 9.17) is 5.11 Å². The largest absolute Gasteiger partial charge is 0.481 e. The van der Waals surface area contributed by atoms with Gasteiger partial charge in [-0.3, -0.25) is 9.59 Å². The predicted molar refractivity (Wildman–Crippen MR) is 142 cm³/mol. The normalized spacial score (nSPS) is 16.2. The van der Waals surface area contributed by atoms with Gasteiger partial charge in [0.05, 0.1) is 18.6 Å². The smallest absolute Gasteiger partial charge is 0.305 e. The summed E-state index contributed by atoms with van der Waals surface area (Å²) in [6.07, 6.45) is 6.56. The number of benzene rings is 1. The molecule has 1 heterocycles. The Hall–Kier alpha value is -2.38. The lowest BCUT2D eigenvalue weighted by molar-refractivity contribution is -0.137. The Balaban J connectivity index is 1.83. The summed E-state index contributed by atoms with van der Waals surface area (Å²) in [5.41, 5.74) is 2.81. The first kappa shape index (κ1) is 27.2. The summed E-state index contributed by atoms with van der Waals surface area (Å²) in [4.78, 5) is 27.3. The Morgan fingerprint density at radius 3 is 2.37 bits per heavy atom. The molecule has 7 heteroatoms. The lowest BCUT2D eigenvalue weighted by Crippen LogP contribution is -2.29. The number of nitrogens with zero attached hydrogens (tertiary/aromatic N) is 1. The van der Waals surface area contributed by atoms with Crippen LogP contribution in [0.1, 0.15) is 97.1 Å². The van der Waals surface area contributed by atoms with E-state index in [0.717, 1.165) is 17.0 Å². The molecule has 0 saturated heterocycles. The first-order valence-corrected chi connectivity index (χ1v) is 13.7. The number of aliphatic hydroxyl groups excluding tert-OH is 1. The average molecular weight is 501 g/mol. The molecule has 1 fully saturated rings. The number of hydrogen-bond acceptors (Lipinski definition) is 5. The highest BCUT2D eigenvalue weighted by atomic mass is 32.1. The van der Waals surface area contributed by atoms with Gasteiger partial charge in [0.15, 0.2) is 0 Å². The number of aliphatic carboxylic acids is 1. The van der Waals surface area contributed by atoms with Gasteiger partial charge in [0, 0.05) is 34.6 Å². The van der Waals surface area contributed by atoms with Crippen molar-refractivity contribution in [2.24, 2.45) is 11.8 Å². The zero-order chi connectivity index (χ0) is 25.5. The fraction of sp³-hybridized carbons (Fsp3) is 0.571. The fourth-order valence-corrected chi connectivity index (χ4v) is 6.18. The van der Waals surface area contributed by atoms with Crippen molar-refractivity contribution >= 4 is 28.9 Å². The summed E-state index contributed by atoms with van der Waals surface area (Å²) in [5, 5.41) is 23.4. The number of carboxylic acids is 1. The molecule has 35 heavy (non-hydrogen) atoms. The standard InChI is InChI=1S/C28H40N2O4S/c1-5-23-22(17-24(35-23)27(33)18(2)3)26(19-9-7-6-8-10-19)29-21-13-11-20(12-14-21)28(34)30(4)16-15-25(31)32/h11-14,17-19,26-27,29,33H,5-10,15-16H2,1-4H3,(H,31,32). The molecular formula is C28H40N2O4S. The van der Waals surface area contributed by atoms with E-state index in [9.17, 15) is 14.7 Å². The molecular weight excluding hydrogens is 460 g/mol. The van der Waals surface area contributed by atoms with Crippen LogP contribution in [0.4, 0.5) is 5.69 Å². The van der Waals surface area contributed by atoms with Crippen LogP contribution in [0.15, 0.2) is 30.3 Å². The van der Waals surface area contributed by atoms with Crippen LogP contribution in [0, 0.1) is 11.8 Å². The molecule has 3 N–H and O–H groups in total. The van der Waals surface area contributed by atoms with E-state index in [2.05, 4.69) is 32.2 Å². The number of nitrogens with one attached hydrogen (secondary N) is 1. The van der Waals surface area contributed by atoms with Gasteiger partial charge in [-0.05, 0) is 67.0 Å². The lowest BCUT2D eigenvalue weighted by Gasteiger charge is -2.32. The molecule has 0 spiro atoms. The minimum Gasteiger partial charge on any atom is -0.481 e. The minimum absolute atomic E-state index is 0.0706. The molecule has 1 aromatic carbocycles. The van der Waals surface area contributed by atoms with Crippen LogP contribution >= 0.6 is 11.3 Å². The summed E-state index contributed by atoms with van der Waals surface area (Å²) < 4.78 is 0. The third kappa shape index (κ3) is 7.07. The number of carbonyl (C=O) groups excluding carboxylic acids is 1. The van der Waals surface area contributed by atoms with Gasteiger partial charge in [-0.2, -0.15) is 0 Å². The number of amides is 1. The maximum atomic E-state index is 12.7. The van der Waals surface area contributed by atoms with E-state index < -0.39 is 12.1 Å². The van der Waals surface area contributed by atoms with Gasteiger partial charge in [0.1, 0.15) is 0 Å². The van der Waals surface area contributed by atoms with Crippen LogP contribution in [0.3, 0.4) is 0 Å². The monoisotopic (exact) mass is 500 g/mol. The Morgan fingerprint density at radius 2 is 1.80 bits per heavy atom. The summed E-state index contributed by atoms with van der Waals surface area (Å²) in [5.74, 6) is -0.399. The number of rotatable bonds is 11. The lowest BCUT2D eigenvalue weighted by atomic mass is 9.80. The molecule has 0 aliphatic heterocycles. The number of carboxylic acid groups (broad SMARTS) is 1. The zero-order valence-electron chi connectivity index (χ0n) is 21.4. The van der Waals surface area contributed by atoms with Crippen molar-refractivity contribution in [3.05, 3.63) is 51.2 Å². The van der Waals surface area contributed by atoms with E-state index in [1.54, 1.807) is 18.4 Å². The SMILES string of the molecule is CCc1sc(C(O)C(C)C)cc1C(Nc1ccc(C(=O)N(C)CCC(=O)O)cc1)C1CCCCC1. The van der Waals surface area contributed by atoms with Gasteiger partial charge < -0.3 is 20.4 Å². The first-order chi connectivity index (χ1) is 16.7. The average Bonchev–Trinajstić information content (AvgIpc) is 3.29. The van der Waals surface area contributed by atoms with Crippen molar-refractivity contribution in [2.75, 3.05) is 18.9 Å². The van der Waals surface area contributed by atoms with Crippen LogP contribution < -0.4 is 5.32 Å². The van der Waals surface area contributed by atoms with Gasteiger partial charge >= 0.3 is 5.97 Å². The number of hydrogen-bond donors (Lipinski definition) is 3. The van der Waals surface area contributed by atoms with Gasteiger partial charge in [-0.15, -0.1) is 11.3 Å². The minimum atomic E-state index is -0.915. The molecule has 192 valence electrons. The Morgan fingerprint density at radius 1 is 1.14 bits per heavy atom. The highest BCUT2D eigenvalue weighted by Crippen LogP contribution is 2.42. The van der Waals surface area contributed by atoms with Crippen molar-refractivity contribution in [1.29, 1.82) is 0 Å². The van der Waals surface area contributed by atoms with Crippen LogP contribution in [0.25, 0.3) is 0 Å². The molecule has 1 saturated carbocycles. The van der Waals surface area contributed by atoms with Gasteiger partial charge in [-0.1, -0.05) is 40.0 Å². The molecule has 2 aromatic rings. The maximum absolute atomic E-state index is 12.7. The van der Waals surface area contributed by atoms with Crippen molar-refractivity contribution in [2.45, 2.75) is 77.9 Å². The third-order valence-corrected chi connectivity index (χ3v) is 8.39. The fourth-order valence-electron chi connectivity index (χ4n) is 4.87. The Labute approximate surface area is 213 Å². The molecule has 1 aromatic heterocycles. The third-order valence-electron chi connectivity index (χ3n) is 7.02. The van der Waals surface area contributed by atoms with Gasteiger partial charge in [0.25, 0.3) is 5.91 Å². The van der Waals surface area contributed by atoms with Crippen LogP contribution in [-0.2, 0) is 11.2 Å². The van der Waals surface area contributed by atoms with E-state index in [1.165, 1.54) is 47.4 Å². The van der Waals surface area contributed by atoms with Crippen LogP contribution in [-0.4, -0.2) is 40.6 Å². The van der Waals surface area contributed by atoms with Crippen molar-refractivity contribution in [3.63, 3.8) is 0 Å². The second-order valence-electron chi connectivity index (χ2n) is 10.0. The van der Waals surface area contributed by atoms with Crippen molar-refractivity contribution in [1.82, 2.24) is 4.90 Å². The molecule has 0 bridgehead atoms. The molecule has 0 radical (unpaired) electrons. The number of anilines is 1. The van der Waals surface area contributed by atoms with Crippen LogP contribution in [0.2, 0.25) is 0 Å². The molecule has 6 nitrogen and oxygen atoms in total. The Bertz CT molecular complexity index is 979. The van der Waals surface area contributed by atoms with E-state index >= 15 is 0 Å². The van der Waals surface area contributed by atoms with E-state index in [1.807, 2.05) is 24.3 Å². The predicted octanol–water partition coefficient (Wildman–Crippen LogP) is 6.28. The highest BCUT2D eigenvalue weighted by molar-refractivity contribution is 7.12. The Kier molecular flexibility index (Phi) is 9.75. The van der Waals surface area contributed by atoms with E-state index in [-0.39, 0.29) is 30.8 Å². The molecule has 2 unspecified atom stereocenters. The second kappa shape index (κ2) is 12.5. The molecule has 2 atom stereocenters. The maximum Gasteiger partial charge on any atom is 0.305 e. The number of aliphatic hydroxyl groups is 1. The summed E-state index contributed by atoms with van der Waals surface area (Å²) in [7, 11) is 1.63. The quantitative estimate of drug-likeness (QED) is 0.338. The van der Waals surface area contributed by atoms with Gasteiger partial charge in [0.2, 0.25) is 0 Å². The molecule has 1 aliphatic carbocycles. The number of aryl methyl sites for hydroxylation is 1. The molecule has 1 amide bonds. The second-order valence-corrected chi connectivity index (χ2v) is 11.2. The van der Waals surface area contributed by atoms with Crippen molar-refractivity contribution in [3.8, 4) is 0 Å². The first-order valence-electron chi connectivity index (χ1n) is 12.9. The number of carbonyl (C=O) groups is 2. The van der Waals surface area contributed by atoms with E-state index in [0.29, 0.717) is 11.5 Å². The molecule has 1 aliphatic rings. The highest BCUT2D eigenvalue weighted by Gasteiger charge is 2.29. The topological polar surface area (TPSA) is 89.9 Å². The summed E-state index contributed by atoms with van der Waals surface area (Å²) in [6.45, 7) is 6.46. The summed E-state index contributed by atoms with van der Waals surface area (Å²) in [6, 6.07) is 9.88.